The van der Waals surface area contributed by atoms with E-state index in [9.17, 15) is 19.8 Å². The highest BCUT2D eigenvalue weighted by Crippen LogP contribution is 2.16. The van der Waals surface area contributed by atoms with E-state index < -0.39 is 18.2 Å². The molecule has 0 aromatic rings. The Hall–Kier alpha value is -2.96. The van der Waals surface area contributed by atoms with Crippen LogP contribution in [-0.4, -0.2) is 46.9 Å². The van der Waals surface area contributed by atoms with E-state index in [0.29, 0.717) is 19.3 Å². The van der Waals surface area contributed by atoms with Crippen molar-refractivity contribution in [3.63, 3.8) is 0 Å². The molecule has 1 amide bonds. The Balaban J connectivity index is 4.75. The lowest BCUT2D eigenvalue weighted by molar-refractivity contribution is -0.148. The predicted molar refractivity (Wildman–Crippen MR) is 287 cm³/mol. The molecule has 0 radical (unpaired) electrons. The van der Waals surface area contributed by atoms with Crippen molar-refractivity contribution >= 4 is 11.9 Å². The summed E-state index contributed by atoms with van der Waals surface area (Å²) in [5.41, 5.74) is 0. The lowest BCUT2D eigenvalue weighted by Gasteiger charge is -2.23. The van der Waals surface area contributed by atoms with Crippen LogP contribution in [0.25, 0.3) is 0 Å². The van der Waals surface area contributed by atoms with E-state index in [1.54, 1.807) is 6.08 Å². The highest BCUT2D eigenvalue weighted by molar-refractivity contribution is 5.78. The Morgan fingerprint density at radius 2 is 0.848 bits per heavy atom. The van der Waals surface area contributed by atoms with Gasteiger partial charge in [-0.3, -0.25) is 9.59 Å². The standard InChI is InChI=1S/C60H105NO5/c1-4-7-10-13-16-19-22-25-27-29-31-34-36-39-42-45-48-51-56(66-60(65)53-50-47-44-41-38-35-32-30-28-26-23-20-17-14-11-8-5-2)54-59(64)61-57(55-62)58(63)52-49-46-43-40-37-33-24-21-18-15-12-9-6-3/h7,10,16,19,25-28,31,34,39,42,48,51,56-58,62-63H,4-6,8-9,11-15,17-18,20-24,29-30,32-33,35-38,40-41,43-47,49-50,52-55H2,1-3H3,(H,61,64)/b10-7-,19-16-,27-25-,28-26+,34-31-,42-39-,51-48-. The summed E-state index contributed by atoms with van der Waals surface area (Å²) in [5.74, 6) is -0.634. The molecule has 0 fully saturated rings. The first-order chi connectivity index (χ1) is 32.5. The van der Waals surface area contributed by atoms with Crippen molar-refractivity contribution in [2.75, 3.05) is 6.61 Å². The molecule has 0 saturated carbocycles. The van der Waals surface area contributed by atoms with Gasteiger partial charge in [0.15, 0.2) is 0 Å². The molecule has 0 aliphatic heterocycles. The second-order valence-corrected chi connectivity index (χ2v) is 18.6. The quantitative estimate of drug-likeness (QED) is 0.0321. The van der Waals surface area contributed by atoms with Crippen molar-refractivity contribution in [3.05, 3.63) is 85.1 Å². The summed E-state index contributed by atoms with van der Waals surface area (Å²) in [4.78, 5) is 26.2. The molecule has 0 spiro atoms. The number of aliphatic hydroxyl groups excluding tert-OH is 2. The van der Waals surface area contributed by atoms with Crippen LogP contribution < -0.4 is 5.32 Å². The van der Waals surface area contributed by atoms with Crippen LogP contribution in [0.2, 0.25) is 0 Å². The van der Waals surface area contributed by atoms with Gasteiger partial charge in [0.2, 0.25) is 5.91 Å². The SMILES string of the molecule is CC/C=C\C/C=C\C/C=C\C/C=C\C/C=C\C/C=C\C(CC(=O)NC(CO)C(O)CCCCCCCCCCCCCCC)OC(=O)CCCCCCCCC/C=C/CCCCCCCC. The topological polar surface area (TPSA) is 95.9 Å². The van der Waals surface area contributed by atoms with Crippen molar-refractivity contribution in [3.8, 4) is 0 Å². The Bertz CT molecular complexity index is 1260. The Morgan fingerprint density at radius 3 is 1.27 bits per heavy atom. The molecule has 3 unspecified atom stereocenters. The van der Waals surface area contributed by atoms with Crippen molar-refractivity contribution in [1.82, 2.24) is 5.32 Å². The van der Waals surface area contributed by atoms with Gasteiger partial charge in [-0.1, -0.05) is 247 Å². The molecule has 0 aromatic heterocycles. The maximum atomic E-state index is 13.2. The van der Waals surface area contributed by atoms with Gasteiger partial charge in [0, 0.05) is 6.42 Å². The Kier molecular flexibility index (Phi) is 50.6. The van der Waals surface area contributed by atoms with E-state index in [-0.39, 0.29) is 24.9 Å². The van der Waals surface area contributed by atoms with Gasteiger partial charge in [-0.15, -0.1) is 0 Å². The van der Waals surface area contributed by atoms with Crippen LogP contribution in [0.5, 0.6) is 0 Å². The second-order valence-electron chi connectivity index (χ2n) is 18.6. The summed E-state index contributed by atoms with van der Waals surface area (Å²) >= 11 is 0. The molecule has 0 aliphatic rings. The highest BCUT2D eigenvalue weighted by atomic mass is 16.5. The zero-order valence-corrected chi connectivity index (χ0v) is 43.3. The zero-order valence-electron chi connectivity index (χ0n) is 43.3. The van der Waals surface area contributed by atoms with Crippen molar-refractivity contribution in [1.29, 1.82) is 0 Å². The zero-order chi connectivity index (χ0) is 48.1. The minimum absolute atomic E-state index is 0.0515. The molecule has 66 heavy (non-hydrogen) atoms. The fourth-order valence-corrected chi connectivity index (χ4v) is 8.01. The molecule has 3 atom stereocenters. The molecule has 6 nitrogen and oxygen atoms in total. The number of carbonyl (C=O) groups is 2. The number of carbonyl (C=O) groups excluding carboxylic acids is 2. The first-order valence-corrected chi connectivity index (χ1v) is 27.8. The molecule has 0 aliphatic carbocycles. The van der Waals surface area contributed by atoms with Gasteiger partial charge in [-0.25, -0.2) is 0 Å². The first-order valence-electron chi connectivity index (χ1n) is 27.8. The molecule has 0 saturated heterocycles. The normalized spacial score (nSPS) is 13.8. The molecule has 6 heteroatoms. The monoisotopic (exact) mass is 920 g/mol. The fraction of sp³-hybridized carbons (Fsp3) is 0.733. The number of unbranched alkanes of at least 4 members (excludes halogenated alkanes) is 25. The van der Waals surface area contributed by atoms with E-state index in [0.717, 1.165) is 70.6 Å². The number of hydrogen-bond donors (Lipinski definition) is 3. The minimum Gasteiger partial charge on any atom is -0.458 e. The van der Waals surface area contributed by atoms with E-state index in [2.05, 4.69) is 99.0 Å². The first kappa shape index (κ1) is 63.0. The minimum atomic E-state index is -0.824. The van der Waals surface area contributed by atoms with Gasteiger partial charge < -0.3 is 20.3 Å². The van der Waals surface area contributed by atoms with Crippen LogP contribution in [0.4, 0.5) is 0 Å². The van der Waals surface area contributed by atoms with Crippen molar-refractivity contribution in [2.45, 2.75) is 277 Å². The number of nitrogens with one attached hydrogen (secondary N) is 1. The number of allylic oxidation sites excluding steroid dienone is 13. The number of rotatable bonds is 49. The van der Waals surface area contributed by atoms with E-state index in [1.165, 1.54) is 141 Å². The van der Waals surface area contributed by atoms with Crippen LogP contribution in [0.15, 0.2) is 85.1 Å². The third kappa shape index (κ3) is 47.5. The summed E-state index contributed by atoms with van der Waals surface area (Å²) in [5, 5.41) is 23.8. The number of ether oxygens (including phenoxy) is 1. The molecular weight excluding hydrogens is 815 g/mol. The van der Waals surface area contributed by atoms with Crippen molar-refractivity contribution < 1.29 is 24.5 Å². The number of amides is 1. The second kappa shape index (κ2) is 53.0. The third-order valence-corrected chi connectivity index (χ3v) is 12.2. The molecule has 3 N–H and O–H groups in total. The van der Waals surface area contributed by atoms with Gasteiger partial charge in [0.1, 0.15) is 6.10 Å². The van der Waals surface area contributed by atoms with Crippen molar-refractivity contribution in [2.24, 2.45) is 0 Å². The summed E-state index contributed by atoms with van der Waals surface area (Å²) in [6.45, 7) is 6.34. The molecule has 0 aromatic carbocycles. The fourth-order valence-electron chi connectivity index (χ4n) is 8.01. The average molecular weight is 921 g/mol. The van der Waals surface area contributed by atoms with Gasteiger partial charge in [0.25, 0.3) is 0 Å². The van der Waals surface area contributed by atoms with Gasteiger partial charge in [0.05, 0.1) is 25.2 Å². The Labute approximate surface area is 408 Å². The summed E-state index contributed by atoms with van der Waals surface area (Å²) in [6, 6.07) is -0.747. The number of aliphatic hydroxyl groups is 2. The maximum Gasteiger partial charge on any atom is 0.306 e. The summed E-state index contributed by atoms with van der Waals surface area (Å²) < 4.78 is 5.84. The van der Waals surface area contributed by atoms with Gasteiger partial charge in [-0.2, -0.15) is 0 Å². The number of esters is 1. The van der Waals surface area contributed by atoms with Crippen LogP contribution >= 0.6 is 0 Å². The van der Waals surface area contributed by atoms with Crippen LogP contribution in [0, 0.1) is 0 Å². The summed E-state index contributed by atoms with van der Waals surface area (Å²) in [7, 11) is 0. The van der Waals surface area contributed by atoms with Gasteiger partial charge in [-0.05, 0) is 83.1 Å². The average Bonchev–Trinajstić information content (AvgIpc) is 3.31. The van der Waals surface area contributed by atoms with E-state index >= 15 is 0 Å². The van der Waals surface area contributed by atoms with E-state index in [4.69, 9.17) is 4.74 Å². The molecular formula is C60H105NO5. The molecule has 0 rings (SSSR count). The number of hydrogen-bond acceptors (Lipinski definition) is 5. The van der Waals surface area contributed by atoms with Gasteiger partial charge >= 0.3 is 5.97 Å². The van der Waals surface area contributed by atoms with E-state index in [1.807, 2.05) is 6.08 Å². The molecule has 0 bridgehead atoms. The lowest BCUT2D eigenvalue weighted by Crippen LogP contribution is -2.46. The predicted octanol–water partition coefficient (Wildman–Crippen LogP) is 17.1. The van der Waals surface area contributed by atoms with Crippen LogP contribution in [0.1, 0.15) is 258 Å². The molecule has 0 heterocycles. The van der Waals surface area contributed by atoms with Crippen LogP contribution in [0.3, 0.4) is 0 Å². The smallest absolute Gasteiger partial charge is 0.306 e. The summed E-state index contributed by atoms with van der Waals surface area (Å²) in [6.07, 6.45) is 69.6. The maximum absolute atomic E-state index is 13.2. The third-order valence-electron chi connectivity index (χ3n) is 12.2. The molecule has 380 valence electrons. The van der Waals surface area contributed by atoms with Crippen LogP contribution in [-0.2, 0) is 14.3 Å². The largest absolute Gasteiger partial charge is 0.458 e. The highest BCUT2D eigenvalue weighted by Gasteiger charge is 2.23. The lowest BCUT2D eigenvalue weighted by atomic mass is 10.0. The Morgan fingerprint density at radius 1 is 0.470 bits per heavy atom.